The summed E-state index contributed by atoms with van der Waals surface area (Å²) in [5.74, 6) is -1.61. The van der Waals surface area contributed by atoms with Crippen LogP contribution in [0.1, 0.15) is 62.8 Å². The van der Waals surface area contributed by atoms with Crippen LogP contribution in [0.4, 0.5) is 0 Å². The van der Waals surface area contributed by atoms with Crippen molar-refractivity contribution in [2.75, 3.05) is 0 Å². The number of benzene rings is 1. The fraction of sp³-hybridized carbons (Fsp3) is 0.458. The third-order valence-electron chi connectivity index (χ3n) is 5.70. The molecule has 2 N–H and O–H groups in total. The molecule has 1 aromatic carbocycles. The lowest BCUT2D eigenvalue weighted by Gasteiger charge is -2.17. The van der Waals surface area contributed by atoms with E-state index in [0.29, 0.717) is 29.6 Å². The SMILES string of the molecule is CCC[C@@H](NC(=O)Cc1c(C)c2cc3c(C(C)(C)C)coc3c(C)c2oc1=O)C(=O)O. The van der Waals surface area contributed by atoms with E-state index in [1.807, 2.05) is 19.9 Å². The first-order valence-corrected chi connectivity index (χ1v) is 10.4. The van der Waals surface area contributed by atoms with Crippen LogP contribution in [-0.4, -0.2) is 23.0 Å². The molecule has 31 heavy (non-hydrogen) atoms. The van der Waals surface area contributed by atoms with Crippen molar-refractivity contribution in [3.8, 4) is 0 Å². The molecule has 2 aromatic heterocycles. The van der Waals surface area contributed by atoms with Crippen LogP contribution in [-0.2, 0) is 21.4 Å². The number of aliphatic carboxylic acids is 1. The number of aryl methyl sites for hydroxylation is 2. The van der Waals surface area contributed by atoms with Crippen LogP contribution in [0.15, 0.2) is 26.0 Å². The summed E-state index contributed by atoms with van der Waals surface area (Å²) in [6.07, 6.45) is 2.43. The van der Waals surface area contributed by atoms with E-state index in [9.17, 15) is 19.5 Å². The van der Waals surface area contributed by atoms with Gasteiger partial charge < -0.3 is 19.3 Å². The lowest BCUT2D eigenvalue weighted by atomic mass is 9.86. The summed E-state index contributed by atoms with van der Waals surface area (Å²) in [6, 6.07) is 0.964. The summed E-state index contributed by atoms with van der Waals surface area (Å²) in [7, 11) is 0. The summed E-state index contributed by atoms with van der Waals surface area (Å²) in [5, 5.41) is 13.5. The predicted molar refractivity (Wildman–Crippen MR) is 119 cm³/mol. The van der Waals surface area contributed by atoms with E-state index >= 15 is 0 Å². The van der Waals surface area contributed by atoms with Crippen LogP contribution >= 0.6 is 0 Å². The second kappa shape index (κ2) is 8.21. The molecule has 0 unspecified atom stereocenters. The van der Waals surface area contributed by atoms with Crippen molar-refractivity contribution in [3.05, 3.63) is 45.0 Å². The minimum absolute atomic E-state index is 0.136. The number of carboxylic acid groups (broad SMARTS) is 1. The Hall–Kier alpha value is -3.09. The number of rotatable bonds is 6. The number of hydrogen-bond acceptors (Lipinski definition) is 5. The lowest BCUT2D eigenvalue weighted by Crippen LogP contribution is -2.41. The van der Waals surface area contributed by atoms with Gasteiger partial charge in [-0.25, -0.2) is 9.59 Å². The van der Waals surface area contributed by atoms with Gasteiger partial charge in [0.25, 0.3) is 0 Å². The number of carbonyl (C=O) groups excluding carboxylic acids is 1. The minimum Gasteiger partial charge on any atom is -0.480 e. The Morgan fingerprint density at radius 2 is 1.81 bits per heavy atom. The van der Waals surface area contributed by atoms with Crippen LogP contribution in [0.2, 0.25) is 0 Å². The van der Waals surface area contributed by atoms with E-state index < -0.39 is 23.5 Å². The molecule has 166 valence electrons. The van der Waals surface area contributed by atoms with Crippen molar-refractivity contribution in [1.82, 2.24) is 5.32 Å². The molecule has 3 aromatic rings. The fourth-order valence-electron chi connectivity index (χ4n) is 3.93. The smallest absolute Gasteiger partial charge is 0.340 e. The first-order valence-electron chi connectivity index (χ1n) is 10.4. The molecule has 7 nitrogen and oxygen atoms in total. The fourth-order valence-corrected chi connectivity index (χ4v) is 3.93. The molecule has 3 rings (SSSR count). The molecule has 0 aliphatic rings. The highest BCUT2D eigenvalue weighted by Gasteiger charge is 2.25. The van der Waals surface area contributed by atoms with Gasteiger partial charge in [-0.1, -0.05) is 34.1 Å². The van der Waals surface area contributed by atoms with Crippen LogP contribution in [0.3, 0.4) is 0 Å². The van der Waals surface area contributed by atoms with E-state index in [2.05, 4.69) is 26.1 Å². The third-order valence-corrected chi connectivity index (χ3v) is 5.70. The van der Waals surface area contributed by atoms with Gasteiger partial charge in [-0.2, -0.15) is 0 Å². The van der Waals surface area contributed by atoms with Crippen LogP contribution in [0.25, 0.3) is 21.9 Å². The van der Waals surface area contributed by atoms with E-state index in [1.165, 1.54) is 0 Å². The Balaban J connectivity index is 2.09. The lowest BCUT2D eigenvalue weighted by molar-refractivity contribution is -0.141. The highest BCUT2D eigenvalue weighted by Crippen LogP contribution is 2.37. The Bertz CT molecular complexity index is 1230. The first-order chi connectivity index (χ1) is 14.5. The maximum atomic E-state index is 12.7. The minimum atomic E-state index is -1.09. The van der Waals surface area contributed by atoms with Crippen molar-refractivity contribution < 1.29 is 23.5 Å². The molecule has 1 amide bonds. The number of fused-ring (bicyclic) bond motifs is 2. The quantitative estimate of drug-likeness (QED) is 0.566. The zero-order valence-electron chi connectivity index (χ0n) is 18.8. The highest BCUT2D eigenvalue weighted by molar-refractivity contribution is 6.00. The molecule has 7 heteroatoms. The molecule has 0 radical (unpaired) electrons. The number of furan rings is 1. The molecular weight excluding hydrogens is 398 g/mol. The first kappa shape index (κ1) is 22.6. The summed E-state index contributed by atoms with van der Waals surface area (Å²) in [5.41, 5.74) is 3.02. The van der Waals surface area contributed by atoms with Crippen LogP contribution in [0.5, 0.6) is 0 Å². The molecular formula is C24H29NO6. The van der Waals surface area contributed by atoms with Crippen molar-refractivity contribution in [2.45, 2.75) is 72.3 Å². The average Bonchev–Trinajstić information content (AvgIpc) is 3.10. The van der Waals surface area contributed by atoms with Crippen molar-refractivity contribution in [3.63, 3.8) is 0 Å². The van der Waals surface area contributed by atoms with Gasteiger partial charge >= 0.3 is 11.6 Å². The Morgan fingerprint density at radius 1 is 1.13 bits per heavy atom. The standard InChI is InChI=1S/C24H29NO6/c1-7-8-18(22(27)28)25-19(26)10-15-12(2)14-9-16-17(24(4,5)6)11-30-20(16)13(3)21(14)31-23(15)29/h9,11,18H,7-8,10H2,1-6H3,(H,25,26)(H,27,28)/t18-/m1/s1. The van der Waals surface area contributed by atoms with Gasteiger partial charge in [0.15, 0.2) is 0 Å². The van der Waals surface area contributed by atoms with Crippen LogP contribution in [0, 0.1) is 13.8 Å². The average molecular weight is 427 g/mol. The summed E-state index contributed by atoms with van der Waals surface area (Å²) < 4.78 is 11.4. The zero-order chi connectivity index (χ0) is 23.1. The Labute approximate surface area is 180 Å². The van der Waals surface area contributed by atoms with Crippen molar-refractivity contribution >= 4 is 33.8 Å². The largest absolute Gasteiger partial charge is 0.480 e. The normalized spacial score (nSPS) is 13.0. The van der Waals surface area contributed by atoms with Crippen LogP contribution < -0.4 is 10.9 Å². The van der Waals surface area contributed by atoms with E-state index in [-0.39, 0.29) is 17.4 Å². The summed E-state index contributed by atoms with van der Waals surface area (Å²) in [4.78, 5) is 36.5. The molecule has 0 saturated heterocycles. The molecule has 0 spiro atoms. The maximum absolute atomic E-state index is 12.7. The molecule has 1 atom stereocenters. The summed E-state index contributed by atoms with van der Waals surface area (Å²) >= 11 is 0. The highest BCUT2D eigenvalue weighted by atomic mass is 16.4. The third kappa shape index (κ3) is 4.22. The van der Waals surface area contributed by atoms with Gasteiger partial charge in [-0.3, -0.25) is 4.79 Å². The monoisotopic (exact) mass is 427 g/mol. The number of carbonyl (C=O) groups is 2. The van der Waals surface area contributed by atoms with Gasteiger partial charge in [0, 0.05) is 21.9 Å². The van der Waals surface area contributed by atoms with Gasteiger partial charge in [0.2, 0.25) is 5.91 Å². The second-order valence-corrected chi connectivity index (χ2v) is 9.07. The van der Waals surface area contributed by atoms with Crippen molar-refractivity contribution in [1.29, 1.82) is 0 Å². The zero-order valence-corrected chi connectivity index (χ0v) is 18.8. The molecule has 0 saturated carbocycles. The molecule has 0 bridgehead atoms. The Morgan fingerprint density at radius 3 is 2.39 bits per heavy atom. The topological polar surface area (TPSA) is 110 Å². The van der Waals surface area contributed by atoms with Gasteiger partial charge in [0.05, 0.1) is 18.2 Å². The number of carboxylic acids is 1. The Kier molecular flexibility index (Phi) is 5.98. The number of amides is 1. The molecule has 0 fully saturated rings. The number of nitrogens with one attached hydrogen (secondary N) is 1. The number of hydrogen-bond donors (Lipinski definition) is 2. The molecule has 0 aliphatic heterocycles. The molecule has 0 aliphatic carbocycles. The maximum Gasteiger partial charge on any atom is 0.340 e. The van der Waals surface area contributed by atoms with E-state index in [1.54, 1.807) is 13.2 Å². The van der Waals surface area contributed by atoms with Gasteiger partial charge in [0.1, 0.15) is 17.2 Å². The van der Waals surface area contributed by atoms with E-state index in [4.69, 9.17) is 8.83 Å². The second-order valence-electron chi connectivity index (χ2n) is 9.07. The predicted octanol–water partition coefficient (Wildman–Crippen LogP) is 4.37. The van der Waals surface area contributed by atoms with Crippen molar-refractivity contribution in [2.24, 2.45) is 0 Å². The van der Waals surface area contributed by atoms with E-state index in [0.717, 1.165) is 21.9 Å². The van der Waals surface area contributed by atoms with Gasteiger partial charge in [-0.05, 0) is 37.3 Å². The summed E-state index contributed by atoms with van der Waals surface area (Å²) in [6.45, 7) is 11.8. The molecule has 2 heterocycles. The van der Waals surface area contributed by atoms with Gasteiger partial charge in [-0.15, -0.1) is 0 Å².